The molecule has 0 saturated heterocycles. The van der Waals surface area contributed by atoms with Gasteiger partial charge < -0.3 is 0 Å². The van der Waals surface area contributed by atoms with Crippen LogP contribution in [0.5, 0.6) is 0 Å². The molecule has 1 aromatic rings. The van der Waals surface area contributed by atoms with E-state index in [2.05, 4.69) is 50.4 Å². The molecule has 0 aliphatic carbocycles. The van der Waals surface area contributed by atoms with Crippen LogP contribution in [0, 0.1) is 6.92 Å². The van der Waals surface area contributed by atoms with Gasteiger partial charge in [-0.2, -0.15) is 0 Å². The Morgan fingerprint density at radius 2 is 2.07 bits per heavy atom. The molecule has 1 rings (SSSR count). The number of hydrogen-bond donors (Lipinski definition) is 0. The van der Waals surface area contributed by atoms with Crippen molar-refractivity contribution in [2.24, 2.45) is 0 Å². The van der Waals surface area contributed by atoms with Crippen LogP contribution in [0.1, 0.15) is 11.1 Å². The van der Waals surface area contributed by atoms with E-state index in [0.29, 0.717) is 0 Å². The van der Waals surface area contributed by atoms with Crippen molar-refractivity contribution in [3.63, 3.8) is 0 Å². The highest BCUT2D eigenvalue weighted by atomic mass is 13.9. The molecule has 0 nitrogen and oxygen atoms in total. The summed E-state index contributed by atoms with van der Waals surface area (Å²) < 4.78 is 0. The fourth-order valence-electron chi connectivity index (χ4n) is 1.29. The Hall–Kier alpha value is -1.82. The van der Waals surface area contributed by atoms with Crippen molar-refractivity contribution in [3.8, 4) is 0 Å². The lowest BCUT2D eigenvalue weighted by Gasteiger charge is -1.96. The maximum absolute atomic E-state index is 3.74. The Balaban J connectivity index is 2.85. The first-order valence-electron chi connectivity index (χ1n) is 4.96. The van der Waals surface area contributed by atoms with E-state index in [4.69, 9.17) is 0 Å². The zero-order valence-corrected chi connectivity index (χ0v) is 9.11. The summed E-state index contributed by atoms with van der Waals surface area (Å²) in [6, 6.07) is 8.37. The Morgan fingerprint density at radius 3 is 2.67 bits per heavy atom. The van der Waals surface area contributed by atoms with Gasteiger partial charge in [-0.1, -0.05) is 73.4 Å². The molecule has 0 aromatic heterocycles. The Bertz CT molecular complexity index is 406. The number of allylic oxidation sites excluding steroid dienone is 5. The summed E-state index contributed by atoms with van der Waals surface area (Å²) in [6.07, 6.45) is 9.61. The van der Waals surface area contributed by atoms with Crippen LogP contribution in [0.3, 0.4) is 0 Å². The molecule has 0 aliphatic heterocycles. The maximum Gasteiger partial charge on any atom is -0.0254 e. The average Bonchev–Trinajstić information content (AvgIpc) is 2.24. The van der Waals surface area contributed by atoms with Gasteiger partial charge in [-0.15, -0.1) is 0 Å². The van der Waals surface area contributed by atoms with Crippen molar-refractivity contribution in [2.75, 3.05) is 0 Å². The molecule has 0 saturated carbocycles. The van der Waals surface area contributed by atoms with Crippen molar-refractivity contribution in [1.29, 1.82) is 0 Å². The second-order valence-corrected chi connectivity index (χ2v) is 3.35. The number of rotatable bonds is 4. The highest BCUT2D eigenvalue weighted by molar-refractivity contribution is 5.55. The van der Waals surface area contributed by atoms with Crippen molar-refractivity contribution < 1.29 is 0 Å². The lowest BCUT2D eigenvalue weighted by atomic mass is 10.1. The van der Waals surface area contributed by atoms with Crippen LogP contribution < -0.4 is 0 Å². The van der Waals surface area contributed by atoms with Crippen LogP contribution in [0.4, 0.5) is 0 Å². The zero-order chi connectivity index (χ0) is 11.1. The predicted molar refractivity (Wildman–Crippen MR) is 68.7 cm³/mol. The predicted octanol–water partition coefficient (Wildman–Crippen LogP) is 4.31. The largest absolute Gasteiger partial charge is 0.0990 e. The summed E-state index contributed by atoms with van der Waals surface area (Å²) in [5.74, 6) is 0. The summed E-state index contributed by atoms with van der Waals surface area (Å²) in [7, 11) is 0. The van der Waals surface area contributed by atoms with Gasteiger partial charge in [-0.3, -0.25) is 0 Å². The molecule has 0 atom stereocenters. The highest BCUT2D eigenvalue weighted by Gasteiger charge is 1.87. The minimum Gasteiger partial charge on any atom is -0.0990 e. The fourth-order valence-corrected chi connectivity index (χ4v) is 1.29. The van der Waals surface area contributed by atoms with E-state index in [1.807, 2.05) is 18.2 Å². The fraction of sp³-hybridized carbons (Fsp3) is 0.0667. The summed E-state index contributed by atoms with van der Waals surface area (Å²) in [6.45, 7) is 9.49. The topological polar surface area (TPSA) is 0 Å². The molecule has 76 valence electrons. The monoisotopic (exact) mass is 196 g/mol. The molecule has 0 aliphatic rings. The summed E-state index contributed by atoms with van der Waals surface area (Å²) >= 11 is 0. The van der Waals surface area contributed by atoms with Gasteiger partial charge >= 0.3 is 0 Å². The third kappa shape index (κ3) is 3.82. The van der Waals surface area contributed by atoms with Crippen LogP contribution in [-0.2, 0) is 0 Å². The molecule has 0 amide bonds. The molecule has 0 unspecified atom stereocenters. The second-order valence-electron chi connectivity index (χ2n) is 3.35. The minimum atomic E-state index is 1.06. The first kappa shape index (κ1) is 11.3. The highest BCUT2D eigenvalue weighted by Crippen LogP contribution is 2.08. The summed E-state index contributed by atoms with van der Waals surface area (Å²) in [5, 5.41) is 0. The lowest BCUT2D eigenvalue weighted by molar-refractivity contribution is 1.46. The van der Waals surface area contributed by atoms with Crippen LogP contribution in [0.15, 0.2) is 67.3 Å². The zero-order valence-electron chi connectivity index (χ0n) is 9.11. The van der Waals surface area contributed by atoms with Crippen LogP contribution in [0.25, 0.3) is 6.08 Å². The van der Waals surface area contributed by atoms with Crippen LogP contribution in [-0.4, -0.2) is 0 Å². The molecule has 0 heteroatoms. The lowest BCUT2D eigenvalue weighted by Crippen LogP contribution is -1.75. The first-order valence-corrected chi connectivity index (χ1v) is 4.96. The minimum absolute atomic E-state index is 1.06. The van der Waals surface area contributed by atoms with Crippen molar-refractivity contribution in [2.45, 2.75) is 6.92 Å². The van der Waals surface area contributed by atoms with Crippen LogP contribution in [0.2, 0.25) is 0 Å². The normalized spacial score (nSPS) is 11.7. The Morgan fingerprint density at radius 1 is 1.27 bits per heavy atom. The van der Waals surface area contributed by atoms with E-state index >= 15 is 0 Å². The van der Waals surface area contributed by atoms with Gasteiger partial charge in [0, 0.05) is 0 Å². The van der Waals surface area contributed by atoms with Gasteiger partial charge in [0.2, 0.25) is 0 Å². The SMILES string of the molecule is C=C/C=C(C=C)/C=C/c1cccc(C)c1. The van der Waals surface area contributed by atoms with E-state index in [9.17, 15) is 0 Å². The molecule has 0 spiro atoms. The van der Waals surface area contributed by atoms with Gasteiger partial charge in [0.05, 0.1) is 0 Å². The molecule has 15 heavy (non-hydrogen) atoms. The molecule has 0 bridgehead atoms. The van der Waals surface area contributed by atoms with Gasteiger partial charge in [-0.05, 0) is 18.1 Å². The van der Waals surface area contributed by atoms with Gasteiger partial charge in [0.25, 0.3) is 0 Å². The average molecular weight is 196 g/mol. The third-order valence-electron chi connectivity index (χ3n) is 2.06. The third-order valence-corrected chi connectivity index (χ3v) is 2.06. The standard InChI is InChI=1S/C15H16/c1-4-7-14(5-2)10-11-15-9-6-8-13(3)12-15/h4-12H,1-2H2,3H3/b11-10+,14-7+. The number of benzene rings is 1. The van der Waals surface area contributed by atoms with E-state index < -0.39 is 0 Å². The second kappa shape index (κ2) is 5.82. The molecule has 1 aromatic carbocycles. The number of aryl methyl sites for hydroxylation is 1. The quantitative estimate of drug-likeness (QED) is 0.629. The van der Waals surface area contributed by atoms with E-state index in [0.717, 1.165) is 5.57 Å². The smallest absolute Gasteiger partial charge is 0.0254 e. The molecule has 0 heterocycles. The molecule has 0 radical (unpaired) electrons. The molecule has 0 N–H and O–H groups in total. The maximum atomic E-state index is 3.74. The molecule has 0 fully saturated rings. The van der Waals surface area contributed by atoms with E-state index in [-0.39, 0.29) is 0 Å². The van der Waals surface area contributed by atoms with Crippen molar-refractivity contribution in [3.05, 3.63) is 78.4 Å². The Labute approximate surface area is 92.0 Å². The van der Waals surface area contributed by atoms with Crippen molar-refractivity contribution in [1.82, 2.24) is 0 Å². The summed E-state index contributed by atoms with van der Waals surface area (Å²) in [5.41, 5.74) is 3.53. The van der Waals surface area contributed by atoms with Gasteiger partial charge in [-0.25, -0.2) is 0 Å². The van der Waals surface area contributed by atoms with Crippen LogP contribution >= 0.6 is 0 Å². The summed E-state index contributed by atoms with van der Waals surface area (Å²) in [4.78, 5) is 0. The molecular weight excluding hydrogens is 180 g/mol. The van der Waals surface area contributed by atoms with E-state index in [1.54, 1.807) is 6.08 Å². The van der Waals surface area contributed by atoms with Gasteiger partial charge in [0.15, 0.2) is 0 Å². The molecular formula is C15H16. The Kier molecular flexibility index (Phi) is 4.36. The van der Waals surface area contributed by atoms with E-state index in [1.165, 1.54) is 11.1 Å². The van der Waals surface area contributed by atoms with Crippen molar-refractivity contribution >= 4 is 6.08 Å². The van der Waals surface area contributed by atoms with Gasteiger partial charge in [0.1, 0.15) is 0 Å². The first-order chi connectivity index (χ1) is 7.26. The number of hydrogen-bond acceptors (Lipinski definition) is 0.